The number of aromatic nitrogens is 2. The maximum absolute atomic E-state index is 12.3. The van der Waals surface area contributed by atoms with E-state index in [4.69, 9.17) is 9.15 Å². The monoisotopic (exact) mass is 307 g/mol. The van der Waals surface area contributed by atoms with Crippen LogP contribution in [-0.2, 0) is 11.3 Å². The van der Waals surface area contributed by atoms with E-state index in [-0.39, 0.29) is 11.8 Å². The highest BCUT2D eigenvalue weighted by Gasteiger charge is 2.27. The van der Waals surface area contributed by atoms with Crippen molar-refractivity contribution in [2.75, 3.05) is 19.8 Å². The van der Waals surface area contributed by atoms with E-state index in [1.807, 2.05) is 17.5 Å². The van der Waals surface area contributed by atoms with Crippen LogP contribution in [0.1, 0.15) is 27.9 Å². The molecule has 1 saturated heterocycles. The highest BCUT2D eigenvalue weighted by Crippen LogP contribution is 2.19. The molecule has 1 fully saturated rings. The average Bonchev–Trinajstić information content (AvgIpc) is 3.13. The van der Waals surface area contributed by atoms with Gasteiger partial charge in [-0.25, -0.2) is 0 Å². The van der Waals surface area contributed by atoms with Gasteiger partial charge in [-0.15, -0.1) is 21.5 Å². The molecule has 1 atom stereocenters. The van der Waals surface area contributed by atoms with E-state index in [1.54, 1.807) is 6.92 Å². The molecule has 0 saturated carbocycles. The Bertz CT molecular complexity index is 596. The number of ether oxygens (including phenoxy) is 1. The summed E-state index contributed by atoms with van der Waals surface area (Å²) >= 11 is 1.48. The van der Waals surface area contributed by atoms with Gasteiger partial charge in [0.05, 0.1) is 24.6 Å². The van der Waals surface area contributed by atoms with Crippen molar-refractivity contribution in [3.05, 3.63) is 34.2 Å². The number of ketones is 1. The molecule has 21 heavy (non-hydrogen) atoms. The van der Waals surface area contributed by atoms with Crippen molar-refractivity contribution in [3.8, 4) is 0 Å². The minimum Gasteiger partial charge on any atom is -0.424 e. The van der Waals surface area contributed by atoms with E-state index >= 15 is 0 Å². The third kappa shape index (κ3) is 3.55. The van der Waals surface area contributed by atoms with Gasteiger partial charge in [0.25, 0.3) is 0 Å². The Morgan fingerprint density at radius 3 is 3.14 bits per heavy atom. The quantitative estimate of drug-likeness (QED) is 0.786. The van der Waals surface area contributed by atoms with Gasteiger partial charge in [0, 0.05) is 25.9 Å². The van der Waals surface area contributed by atoms with E-state index in [9.17, 15) is 4.79 Å². The molecule has 7 heteroatoms. The van der Waals surface area contributed by atoms with Crippen molar-refractivity contribution in [2.24, 2.45) is 0 Å². The van der Waals surface area contributed by atoms with Gasteiger partial charge < -0.3 is 9.15 Å². The van der Waals surface area contributed by atoms with Crippen molar-refractivity contribution in [3.63, 3.8) is 0 Å². The fraction of sp³-hybridized carbons (Fsp3) is 0.500. The number of Topliss-reactive ketones (excluding diaryl/α,β-unsaturated/α-hetero) is 1. The molecule has 0 aromatic carbocycles. The molecule has 0 N–H and O–H groups in total. The van der Waals surface area contributed by atoms with Crippen LogP contribution in [0.25, 0.3) is 0 Å². The first-order valence-electron chi connectivity index (χ1n) is 6.90. The summed E-state index contributed by atoms with van der Waals surface area (Å²) in [7, 11) is 0. The Hall–Kier alpha value is -1.57. The van der Waals surface area contributed by atoms with Crippen LogP contribution in [0.2, 0.25) is 0 Å². The van der Waals surface area contributed by atoms with Crippen molar-refractivity contribution in [2.45, 2.75) is 25.9 Å². The largest absolute Gasteiger partial charge is 0.424 e. The number of morpholine rings is 1. The molecule has 2 aromatic rings. The maximum Gasteiger partial charge on any atom is 0.230 e. The normalized spacial score (nSPS) is 19.8. The Kier molecular flexibility index (Phi) is 4.42. The van der Waals surface area contributed by atoms with E-state index in [1.165, 1.54) is 11.3 Å². The average molecular weight is 307 g/mol. The first-order valence-corrected chi connectivity index (χ1v) is 7.78. The molecule has 1 aliphatic heterocycles. The summed E-state index contributed by atoms with van der Waals surface area (Å²) in [4.78, 5) is 15.2. The zero-order chi connectivity index (χ0) is 14.7. The van der Waals surface area contributed by atoms with Crippen molar-refractivity contribution in [1.29, 1.82) is 0 Å². The Morgan fingerprint density at radius 2 is 2.43 bits per heavy atom. The van der Waals surface area contributed by atoms with Crippen LogP contribution in [-0.4, -0.2) is 46.7 Å². The lowest BCUT2D eigenvalue weighted by molar-refractivity contribution is -0.0159. The molecule has 112 valence electrons. The van der Waals surface area contributed by atoms with Crippen LogP contribution in [0.4, 0.5) is 0 Å². The first kappa shape index (κ1) is 14.4. The predicted molar refractivity (Wildman–Crippen MR) is 77.3 cm³/mol. The molecule has 0 bridgehead atoms. The lowest BCUT2D eigenvalue weighted by atomic mass is 10.1. The molecule has 3 rings (SSSR count). The van der Waals surface area contributed by atoms with Crippen LogP contribution in [0, 0.1) is 6.92 Å². The highest BCUT2D eigenvalue weighted by molar-refractivity contribution is 7.12. The molecule has 6 nitrogen and oxygen atoms in total. The molecule has 0 aliphatic carbocycles. The van der Waals surface area contributed by atoms with Crippen LogP contribution in [0.15, 0.2) is 21.9 Å². The molecular formula is C14H17N3O3S. The molecule has 0 spiro atoms. The number of aryl methyl sites for hydroxylation is 1. The minimum absolute atomic E-state index is 0.0561. The van der Waals surface area contributed by atoms with Gasteiger partial charge in [-0.2, -0.15) is 0 Å². The summed E-state index contributed by atoms with van der Waals surface area (Å²) in [6.07, 6.45) is 0.452. The van der Waals surface area contributed by atoms with Gasteiger partial charge in [0.1, 0.15) is 0 Å². The number of carbonyl (C=O) groups is 1. The highest BCUT2D eigenvalue weighted by atomic mass is 32.1. The van der Waals surface area contributed by atoms with E-state index in [0.29, 0.717) is 38.0 Å². The molecule has 0 amide bonds. The predicted octanol–water partition coefficient (Wildman–Crippen LogP) is 1.91. The third-order valence-corrected chi connectivity index (χ3v) is 4.38. The summed E-state index contributed by atoms with van der Waals surface area (Å²) in [5.74, 6) is 1.31. The fourth-order valence-electron chi connectivity index (χ4n) is 2.41. The van der Waals surface area contributed by atoms with Crippen molar-refractivity contribution >= 4 is 17.1 Å². The standard InChI is InChI=1S/C14H17N3O3S/c1-10-15-16-14(20-10)8-17-4-5-19-9-11(17)7-12(18)13-3-2-6-21-13/h2-3,6,11H,4-5,7-9H2,1H3/t11-/m0/s1. The molecule has 3 heterocycles. The topological polar surface area (TPSA) is 68.5 Å². The van der Waals surface area contributed by atoms with Gasteiger partial charge in [-0.05, 0) is 11.4 Å². The van der Waals surface area contributed by atoms with Crippen LogP contribution < -0.4 is 0 Å². The van der Waals surface area contributed by atoms with Crippen LogP contribution in [0.3, 0.4) is 0 Å². The van der Waals surface area contributed by atoms with Crippen LogP contribution >= 0.6 is 11.3 Å². The summed E-state index contributed by atoms with van der Waals surface area (Å²) in [5, 5.41) is 9.78. The lowest BCUT2D eigenvalue weighted by Gasteiger charge is -2.34. The van der Waals surface area contributed by atoms with Gasteiger partial charge in [-0.1, -0.05) is 6.07 Å². The molecular weight excluding hydrogens is 290 g/mol. The zero-order valence-electron chi connectivity index (χ0n) is 11.8. The first-order chi connectivity index (χ1) is 10.2. The van der Waals surface area contributed by atoms with Crippen LogP contribution in [0.5, 0.6) is 0 Å². The van der Waals surface area contributed by atoms with E-state index in [0.717, 1.165) is 11.4 Å². The van der Waals surface area contributed by atoms with E-state index < -0.39 is 0 Å². The summed E-state index contributed by atoms with van der Waals surface area (Å²) in [5.41, 5.74) is 0. The number of carbonyl (C=O) groups excluding carboxylic acids is 1. The lowest BCUT2D eigenvalue weighted by Crippen LogP contribution is -2.45. The van der Waals surface area contributed by atoms with E-state index in [2.05, 4.69) is 15.1 Å². The van der Waals surface area contributed by atoms with Gasteiger partial charge in [0.2, 0.25) is 11.8 Å². The third-order valence-electron chi connectivity index (χ3n) is 3.47. The minimum atomic E-state index is 0.0561. The van der Waals surface area contributed by atoms with Crippen molar-refractivity contribution in [1.82, 2.24) is 15.1 Å². The molecule has 0 radical (unpaired) electrons. The maximum atomic E-state index is 12.3. The summed E-state index contributed by atoms with van der Waals surface area (Å²) < 4.78 is 10.9. The number of nitrogens with zero attached hydrogens (tertiary/aromatic N) is 3. The molecule has 2 aromatic heterocycles. The number of thiophene rings is 1. The number of hydrogen-bond acceptors (Lipinski definition) is 7. The number of hydrogen-bond donors (Lipinski definition) is 0. The molecule has 1 aliphatic rings. The Morgan fingerprint density at radius 1 is 1.52 bits per heavy atom. The SMILES string of the molecule is Cc1nnc(CN2CCOC[C@@H]2CC(=O)c2cccs2)o1. The summed E-state index contributed by atoms with van der Waals surface area (Å²) in [6, 6.07) is 3.82. The van der Waals surface area contributed by atoms with Gasteiger partial charge in [0.15, 0.2) is 5.78 Å². The number of rotatable bonds is 5. The second-order valence-electron chi connectivity index (χ2n) is 5.02. The van der Waals surface area contributed by atoms with Crippen molar-refractivity contribution < 1.29 is 13.9 Å². The Balaban J connectivity index is 1.65. The smallest absolute Gasteiger partial charge is 0.230 e. The summed E-state index contributed by atoms with van der Waals surface area (Å²) in [6.45, 7) is 4.32. The second kappa shape index (κ2) is 6.46. The van der Waals surface area contributed by atoms with Gasteiger partial charge in [-0.3, -0.25) is 9.69 Å². The second-order valence-corrected chi connectivity index (χ2v) is 5.97. The molecule has 0 unspecified atom stereocenters. The fourth-order valence-corrected chi connectivity index (χ4v) is 3.09. The van der Waals surface area contributed by atoms with Gasteiger partial charge >= 0.3 is 0 Å². The zero-order valence-corrected chi connectivity index (χ0v) is 12.6. The Labute approximate surface area is 126 Å².